The predicted octanol–water partition coefficient (Wildman–Crippen LogP) is 4.40. The molecule has 1 aromatic carbocycles. The zero-order valence-corrected chi connectivity index (χ0v) is 14.1. The molecule has 0 fully saturated rings. The number of thioether (sulfide) groups is 1. The Morgan fingerprint density at radius 1 is 1.30 bits per heavy atom. The van der Waals surface area contributed by atoms with E-state index in [0.29, 0.717) is 11.5 Å². The van der Waals surface area contributed by atoms with E-state index in [-0.39, 0.29) is 0 Å². The van der Waals surface area contributed by atoms with Crippen molar-refractivity contribution in [2.24, 2.45) is 0 Å². The Balaban J connectivity index is 2.22. The van der Waals surface area contributed by atoms with Gasteiger partial charge in [-0.15, -0.1) is 0 Å². The monoisotopic (exact) mass is 291 g/mol. The van der Waals surface area contributed by atoms with Crippen LogP contribution in [0, 0.1) is 0 Å². The van der Waals surface area contributed by atoms with Gasteiger partial charge < -0.3 is 5.32 Å². The van der Waals surface area contributed by atoms with Crippen LogP contribution >= 0.6 is 11.8 Å². The molecule has 1 aliphatic rings. The smallest absolute Gasteiger partial charge is 0.00885 e. The lowest BCUT2D eigenvalue weighted by Gasteiger charge is -2.40. The van der Waals surface area contributed by atoms with Crippen LogP contribution in [-0.4, -0.2) is 24.1 Å². The van der Waals surface area contributed by atoms with Gasteiger partial charge in [-0.3, -0.25) is 0 Å². The Hall–Kier alpha value is -0.470. The molecule has 1 nitrogen and oxygen atoms in total. The van der Waals surface area contributed by atoms with Crippen LogP contribution in [0.25, 0.3) is 0 Å². The van der Waals surface area contributed by atoms with E-state index >= 15 is 0 Å². The minimum absolute atomic E-state index is 0.362. The second-order valence-corrected chi connectivity index (χ2v) is 7.67. The average Bonchev–Trinajstić information content (AvgIpc) is 2.46. The molecule has 0 bridgehead atoms. The molecule has 0 amide bonds. The van der Waals surface area contributed by atoms with E-state index < -0.39 is 0 Å². The molecule has 2 heteroatoms. The maximum atomic E-state index is 3.71. The SMILES string of the molecule is CCSCCC1(CNC(C)C)CCCc2ccccc21. The fourth-order valence-corrected chi connectivity index (χ4v) is 4.17. The van der Waals surface area contributed by atoms with Crippen molar-refractivity contribution < 1.29 is 0 Å². The van der Waals surface area contributed by atoms with Crippen LogP contribution in [-0.2, 0) is 11.8 Å². The summed E-state index contributed by atoms with van der Waals surface area (Å²) in [7, 11) is 0. The molecule has 0 aromatic heterocycles. The summed E-state index contributed by atoms with van der Waals surface area (Å²) in [5.41, 5.74) is 3.57. The molecule has 1 aliphatic carbocycles. The molecule has 1 N–H and O–H groups in total. The van der Waals surface area contributed by atoms with Crippen LogP contribution in [0.15, 0.2) is 24.3 Å². The molecule has 0 radical (unpaired) electrons. The van der Waals surface area contributed by atoms with Gasteiger partial charge in [0.2, 0.25) is 0 Å². The first-order chi connectivity index (χ1) is 9.68. The van der Waals surface area contributed by atoms with Crippen LogP contribution < -0.4 is 5.32 Å². The van der Waals surface area contributed by atoms with Crippen molar-refractivity contribution in [3.8, 4) is 0 Å². The molecule has 20 heavy (non-hydrogen) atoms. The van der Waals surface area contributed by atoms with E-state index in [1.54, 1.807) is 11.1 Å². The first-order valence-corrected chi connectivity index (χ1v) is 9.23. The number of aryl methyl sites for hydroxylation is 1. The van der Waals surface area contributed by atoms with Crippen LogP contribution in [0.5, 0.6) is 0 Å². The topological polar surface area (TPSA) is 12.0 Å². The van der Waals surface area contributed by atoms with Crippen LogP contribution in [0.3, 0.4) is 0 Å². The summed E-state index contributed by atoms with van der Waals surface area (Å²) in [6.45, 7) is 7.90. The normalized spacial score (nSPS) is 22.0. The molecule has 2 rings (SSSR count). The van der Waals surface area contributed by atoms with Crippen molar-refractivity contribution in [1.29, 1.82) is 0 Å². The largest absolute Gasteiger partial charge is 0.314 e. The minimum Gasteiger partial charge on any atom is -0.314 e. The number of nitrogens with one attached hydrogen (secondary N) is 1. The van der Waals surface area contributed by atoms with Gasteiger partial charge in [0.15, 0.2) is 0 Å². The van der Waals surface area contributed by atoms with E-state index in [4.69, 9.17) is 0 Å². The van der Waals surface area contributed by atoms with Crippen molar-refractivity contribution in [2.75, 3.05) is 18.1 Å². The summed E-state index contributed by atoms with van der Waals surface area (Å²) < 4.78 is 0. The molecule has 0 saturated carbocycles. The molecular weight excluding hydrogens is 262 g/mol. The van der Waals surface area contributed by atoms with E-state index in [2.05, 4.69) is 62.1 Å². The summed E-state index contributed by atoms with van der Waals surface area (Å²) in [6, 6.07) is 9.71. The summed E-state index contributed by atoms with van der Waals surface area (Å²) in [5, 5.41) is 3.71. The Kier molecular flexibility index (Phi) is 5.98. The molecule has 0 spiro atoms. The number of rotatable bonds is 7. The van der Waals surface area contributed by atoms with E-state index in [0.717, 1.165) is 6.54 Å². The molecule has 0 heterocycles. The first-order valence-electron chi connectivity index (χ1n) is 8.07. The fraction of sp³-hybridized carbons (Fsp3) is 0.667. The fourth-order valence-electron chi connectivity index (χ4n) is 3.35. The van der Waals surface area contributed by atoms with Crippen molar-refractivity contribution in [1.82, 2.24) is 5.32 Å². The number of hydrogen-bond acceptors (Lipinski definition) is 2. The van der Waals surface area contributed by atoms with Crippen LogP contribution in [0.2, 0.25) is 0 Å². The molecule has 112 valence electrons. The Morgan fingerprint density at radius 2 is 2.10 bits per heavy atom. The minimum atomic E-state index is 0.362. The van der Waals surface area contributed by atoms with Crippen LogP contribution in [0.4, 0.5) is 0 Å². The first kappa shape index (κ1) is 15.9. The van der Waals surface area contributed by atoms with Gasteiger partial charge in [0, 0.05) is 18.0 Å². The lowest BCUT2D eigenvalue weighted by molar-refractivity contribution is 0.320. The quantitative estimate of drug-likeness (QED) is 0.747. The number of hydrogen-bond donors (Lipinski definition) is 1. The Bertz CT molecular complexity index is 416. The Morgan fingerprint density at radius 3 is 2.85 bits per heavy atom. The average molecular weight is 292 g/mol. The van der Waals surface area contributed by atoms with Crippen molar-refractivity contribution in [3.63, 3.8) is 0 Å². The number of benzene rings is 1. The van der Waals surface area contributed by atoms with Gasteiger partial charge in [0.1, 0.15) is 0 Å². The van der Waals surface area contributed by atoms with Crippen LogP contribution in [0.1, 0.15) is 51.2 Å². The van der Waals surface area contributed by atoms with E-state index in [9.17, 15) is 0 Å². The third-order valence-corrected chi connectivity index (χ3v) is 5.37. The third kappa shape index (κ3) is 3.79. The lowest BCUT2D eigenvalue weighted by atomic mass is 9.68. The number of fused-ring (bicyclic) bond motifs is 1. The summed E-state index contributed by atoms with van der Waals surface area (Å²) in [4.78, 5) is 0. The zero-order valence-electron chi connectivity index (χ0n) is 13.2. The van der Waals surface area contributed by atoms with Gasteiger partial charge in [-0.1, -0.05) is 45.0 Å². The van der Waals surface area contributed by atoms with E-state index in [1.165, 1.54) is 37.2 Å². The van der Waals surface area contributed by atoms with Crippen molar-refractivity contribution in [2.45, 2.75) is 57.9 Å². The molecule has 1 atom stereocenters. The molecule has 1 unspecified atom stereocenters. The summed E-state index contributed by atoms with van der Waals surface area (Å²) in [5.74, 6) is 2.51. The maximum absolute atomic E-state index is 3.71. The summed E-state index contributed by atoms with van der Waals surface area (Å²) >= 11 is 2.08. The highest BCUT2D eigenvalue weighted by Crippen LogP contribution is 2.40. The van der Waals surface area contributed by atoms with Crippen molar-refractivity contribution >= 4 is 11.8 Å². The molecular formula is C18H29NS. The highest BCUT2D eigenvalue weighted by atomic mass is 32.2. The van der Waals surface area contributed by atoms with Gasteiger partial charge in [-0.25, -0.2) is 0 Å². The molecule has 0 aliphatic heterocycles. The van der Waals surface area contributed by atoms with Gasteiger partial charge in [-0.05, 0) is 48.3 Å². The standard InChI is InChI=1S/C18H29NS/c1-4-20-13-12-18(14-19-15(2)3)11-7-9-16-8-5-6-10-17(16)18/h5-6,8,10,15,19H,4,7,9,11-14H2,1-3H3. The van der Waals surface area contributed by atoms with Gasteiger partial charge in [-0.2, -0.15) is 11.8 Å². The van der Waals surface area contributed by atoms with Crippen molar-refractivity contribution in [3.05, 3.63) is 35.4 Å². The van der Waals surface area contributed by atoms with Gasteiger partial charge in [0.05, 0.1) is 0 Å². The molecule has 0 saturated heterocycles. The highest BCUT2D eigenvalue weighted by molar-refractivity contribution is 7.99. The third-order valence-electron chi connectivity index (χ3n) is 4.47. The highest BCUT2D eigenvalue weighted by Gasteiger charge is 2.35. The Labute approximate surface area is 128 Å². The summed E-state index contributed by atoms with van der Waals surface area (Å²) in [6.07, 6.45) is 5.25. The second kappa shape index (κ2) is 7.51. The second-order valence-electron chi connectivity index (χ2n) is 6.27. The zero-order chi connectivity index (χ0) is 14.4. The van der Waals surface area contributed by atoms with E-state index in [1.807, 2.05) is 0 Å². The lowest BCUT2D eigenvalue weighted by Crippen LogP contribution is -2.43. The van der Waals surface area contributed by atoms with Gasteiger partial charge >= 0.3 is 0 Å². The predicted molar refractivity (Wildman–Crippen MR) is 91.8 cm³/mol. The maximum Gasteiger partial charge on any atom is 0.00885 e. The molecule has 1 aromatic rings. The van der Waals surface area contributed by atoms with Gasteiger partial charge in [0.25, 0.3) is 0 Å².